The van der Waals surface area contributed by atoms with Crippen LogP contribution in [0.3, 0.4) is 0 Å². The fourth-order valence-corrected chi connectivity index (χ4v) is 11.3. The van der Waals surface area contributed by atoms with E-state index >= 15 is 0 Å². The van der Waals surface area contributed by atoms with E-state index in [9.17, 15) is 0 Å². The lowest BCUT2D eigenvalue weighted by Gasteiger charge is -2.45. The second kappa shape index (κ2) is 17.2. The van der Waals surface area contributed by atoms with E-state index in [1.165, 1.54) is 55.6 Å². The summed E-state index contributed by atoms with van der Waals surface area (Å²) in [6.07, 6.45) is 0. The van der Waals surface area contributed by atoms with Crippen molar-refractivity contribution in [1.29, 1.82) is 0 Å². The van der Waals surface area contributed by atoms with Gasteiger partial charge < -0.3 is 14.7 Å². The van der Waals surface area contributed by atoms with E-state index in [-0.39, 0.29) is 0 Å². The lowest BCUT2D eigenvalue weighted by Crippen LogP contribution is -2.36. The van der Waals surface area contributed by atoms with Crippen LogP contribution in [0.15, 0.2) is 285 Å². The summed E-state index contributed by atoms with van der Waals surface area (Å²) < 4.78 is 0. The zero-order valence-electron chi connectivity index (χ0n) is 38.5. The van der Waals surface area contributed by atoms with E-state index in [0.717, 1.165) is 51.2 Å². The molecule has 0 saturated carbocycles. The predicted octanol–water partition coefficient (Wildman–Crippen LogP) is 18.1. The van der Waals surface area contributed by atoms with Crippen LogP contribution in [0.5, 0.6) is 0 Å². The zero-order valence-corrected chi connectivity index (χ0v) is 38.5. The minimum Gasteiger partial charge on any atom is -0.310 e. The van der Waals surface area contributed by atoms with Crippen molar-refractivity contribution in [2.45, 2.75) is 5.41 Å². The zero-order chi connectivity index (χ0) is 46.4. The third-order valence-electron chi connectivity index (χ3n) is 14.2. The minimum atomic E-state index is -0.724. The summed E-state index contributed by atoms with van der Waals surface area (Å²) in [7, 11) is 0. The number of anilines is 9. The lowest BCUT2D eigenvalue weighted by molar-refractivity contribution is 0.752. The van der Waals surface area contributed by atoms with Crippen molar-refractivity contribution < 1.29 is 0 Å². The largest absolute Gasteiger partial charge is 0.310 e. The summed E-state index contributed by atoms with van der Waals surface area (Å²) in [5.41, 5.74) is 21.4. The van der Waals surface area contributed by atoms with Gasteiger partial charge in [-0.2, -0.15) is 0 Å². The Hall–Kier alpha value is -9.18. The van der Waals surface area contributed by atoms with E-state index in [2.05, 4.69) is 300 Å². The molecule has 0 radical (unpaired) electrons. The molecule has 1 aliphatic heterocycles. The van der Waals surface area contributed by atoms with Crippen LogP contribution in [-0.4, -0.2) is 0 Å². The molecule has 1 aliphatic carbocycles. The van der Waals surface area contributed by atoms with Crippen molar-refractivity contribution in [1.82, 2.24) is 0 Å². The summed E-state index contributed by atoms with van der Waals surface area (Å²) in [5.74, 6) is 0. The molecule has 0 saturated heterocycles. The molecule has 0 amide bonds. The number of rotatable bonds is 9. The van der Waals surface area contributed by atoms with Gasteiger partial charge in [-0.15, -0.1) is 0 Å². The van der Waals surface area contributed by atoms with E-state index in [4.69, 9.17) is 0 Å². The number of fused-ring (bicyclic) bond motifs is 9. The lowest BCUT2D eigenvalue weighted by atomic mass is 9.64. The van der Waals surface area contributed by atoms with Gasteiger partial charge in [0.15, 0.2) is 0 Å². The molecule has 3 nitrogen and oxygen atoms in total. The molecule has 13 rings (SSSR count). The highest BCUT2D eigenvalue weighted by Gasteiger charge is 2.52. The average Bonchev–Trinajstić information content (AvgIpc) is 3.72. The van der Waals surface area contributed by atoms with Crippen molar-refractivity contribution in [2.75, 3.05) is 14.7 Å². The third kappa shape index (κ3) is 6.58. The Morgan fingerprint density at radius 2 is 0.614 bits per heavy atom. The monoisotopic (exact) mass is 893 g/mol. The first-order valence-electron chi connectivity index (χ1n) is 24.1. The van der Waals surface area contributed by atoms with Crippen molar-refractivity contribution in [3.63, 3.8) is 0 Å². The van der Waals surface area contributed by atoms with Gasteiger partial charge in [0, 0.05) is 39.6 Å². The summed E-state index contributed by atoms with van der Waals surface area (Å²) in [6.45, 7) is 0. The molecule has 0 unspecified atom stereocenters. The summed E-state index contributed by atoms with van der Waals surface area (Å²) in [5, 5.41) is 0. The Balaban J connectivity index is 1.11. The van der Waals surface area contributed by atoms with E-state index < -0.39 is 5.41 Å². The normalized spacial score (nSPS) is 12.7. The Labute approximate surface area is 410 Å². The maximum atomic E-state index is 2.50. The Bertz CT molecular complexity index is 3440. The van der Waals surface area contributed by atoms with Gasteiger partial charge in [-0.05, 0) is 129 Å². The highest BCUT2D eigenvalue weighted by atomic mass is 15.2. The molecule has 1 spiro atoms. The molecule has 2 aliphatic rings. The molecule has 0 fully saturated rings. The standard InChI is InChI=1S/C67H47N3/c1-6-24-48(25-7-1)55-34-16-20-38-63(55)68(50-28-10-3-11-29-50)53-42-44-57-58-45-43-54(69(51-30-12-4-13-31-51)64-39-21-17-35-56(64)49-26-8-2-9-27-49)47-62(58)67(61(57)46-53)59-36-18-22-40-65(59)70(52-32-14-5-15-33-52)66-41-23-19-37-60(66)67/h1-47H. The van der Waals surface area contributed by atoms with Gasteiger partial charge in [-0.25, -0.2) is 0 Å². The number of para-hydroxylation sites is 7. The summed E-state index contributed by atoms with van der Waals surface area (Å²) in [6, 6.07) is 104. The second-order valence-corrected chi connectivity index (χ2v) is 18.0. The molecule has 3 heteroatoms. The van der Waals surface area contributed by atoms with Crippen molar-refractivity contribution in [2.24, 2.45) is 0 Å². The van der Waals surface area contributed by atoms with Gasteiger partial charge in [0.1, 0.15) is 0 Å². The summed E-state index contributed by atoms with van der Waals surface area (Å²) in [4.78, 5) is 7.35. The second-order valence-electron chi connectivity index (χ2n) is 18.0. The van der Waals surface area contributed by atoms with E-state index in [0.29, 0.717) is 0 Å². The van der Waals surface area contributed by atoms with Crippen molar-refractivity contribution in [3.8, 4) is 33.4 Å². The molecule has 11 aromatic rings. The van der Waals surface area contributed by atoms with Gasteiger partial charge in [-0.1, -0.05) is 200 Å². The van der Waals surface area contributed by atoms with Crippen LogP contribution in [0.1, 0.15) is 22.3 Å². The van der Waals surface area contributed by atoms with Crippen LogP contribution in [-0.2, 0) is 5.41 Å². The number of benzene rings is 11. The molecule has 70 heavy (non-hydrogen) atoms. The van der Waals surface area contributed by atoms with Gasteiger partial charge in [0.25, 0.3) is 0 Å². The van der Waals surface area contributed by atoms with E-state index in [1.54, 1.807) is 0 Å². The topological polar surface area (TPSA) is 9.72 Å². The van der Waals surface area contributed by atoms with Gasteiger partial charge in [0.05, 0.1) is 28.2 Å². The highest BCUT2D eigenvalue weighted by molar-refractivity contribution is 5.99. The molecule has 1 heterocycles. The first-order chi connectivity index (χ1) is 34.8. The average molecular weight is 894 g/mol. The van der Waals surface area contributed by atoms with Crippen LogP contribution in [0.25, 0.3) is 33.4 Å². The van der Waals surface area contributed by atoms with Gasteiger partial charge in [0.2, 0.25) is 0 Å². The quantitative estimate of drug-likeness (QED) is 0.143. The maximum Gasteiger partial charge on any atom is 0.0755 e. The Morgan fingerprint density at radius 1 is 0.257 bits per heavy atom. The van der Waals surface area contributed by atoms with Crippen molar-refractivity contribution >= 4 is 51.2 Å². The number of hydrogen-bond acceptors (Lipinski definition) is 3. The van der Waals surface area contributed by atoms with Gasteiger partial charge >= 0.3 is 0 Å². The molecule has 0 N–H and O–H groups in total. The molecule has 0 aromatic heterocycles. The fraction of sp³-hybridized carbons (Fsp3) is 0.0149. The minimum absolute atomic E-state index is 0.724. The molecular weight excluding hydrogens is 847 g/mol. The van der Waals surface area contributed by atoms with Crippen LogP contribution >= 0.6 is 0 Å². The van der Waals surface area contributed by atoms with Crippen molar-refractivity contribution in [3.05, 3.63) is 307 Å². The van der Waals surface area contributed by atoms with Crippen LogP contribution in [0.2, 0.25) is 0 Å². The van der Waals surface area contributed by atoms with Gasteiger partial charge in [-0.3, -0.25) is 0 Å². The third-order valence-corrected chi connectivity index (χ3v) is 14.2. The molecule has 0 bridgehead atoms. The van der Waals surface area contributed by atoms with Crippen LogP contribution < -0.4 is 14.7 Å². The SMILES string of the molecule is c1ccc(-c2ccccc2N(c2ccccc2)c2ccc3c(c2)C2(c4cc(N(c5ccccc5)c5ccccc5-c5ccccc5)ccc4-3)c3ccccc3N(c3ccccc3)c3ccccc32)cc1. The fourth-order valence-electron chi connectivity index (χ4n) is 11.3. The van der Waals surface area contributed by atoms with Crippen LogP contribution in [0, 0.1) is 0 Å². The smallest absolute Gasteiger partial charge is 0.0755 e. The Morgan fingerprint density at radius 3 is 1.06 bits per heavy atom. The molecule has 0 atom stereocenters. The first-order valence-corrected chi connectivity index (χ1v) is 24.1. The molecular formula is C67H47N3. The maximum absolute atomic E-state index is 2.50. The summed E-state index contributed by atoms with van der Waals surface area (Å²) >= 11 is 0. The number of nitrogens with zero attached hydrogens (tertiary/aromatic N) is 3. The molecule has 11 aromatic carbocycles. The highest BCUT2D eigenvalue weighted by Crippen LogP contribution is 2.65. The Kier molecular flexibility index (Phi) is 10.1. The number of hydrogen-bond donors (Lipinski definition) is 0. The predicted molar refractivity (Wildman–Crippen MR) is 292 cm³/mol. The van der Waals surface area contributed by atoms with E-state index in [1.807, 2.05) is 0 Å². The van der Waals surface area contributed by atoms with Crippen LogP contribution in [0.4, 0.5) is 51.2 Å². The molecule has 330 valence electrons. The first kappa shape index (κ1) is 41.0.